The maximum atomic E-state index is 13.4. The van der Waals surface area contributed by atoms with E-state index in [0.29, 0.717) is 17.1 Å². The molecule has 6 rings (SSSR count). The summed E-state index contributed by atoms with van der Waals surface area (Å²) in [5, 5.41) is 76.8. The molecule has 0 unspecified atom stereocenters. The molecule has 0 heterocycles. The SMILES string of the molecule is CC#N.CC#N.CC#N.CC(C)(C)c1cc([N-]c2cc(C(C)(C)C)cc(C(C)(C)C)c2[O-])cc(C(C)(C)C)c1.CC(C)(C)c1cc([N-]c2cc(C(C)(C)C)cc(C(C)(C)C)c2[O-])cc(C(C)(C)C)c1.CC(C)(C)c1cc([N-]c2cc(C(C)(C)C)cc(C(C)(C)C)c2[O-])cc(C(C)(C)C)c1.[2H]C(Cl)(Cl)Cl.[Mo]. The molecule has 13 heteroatoms. The summed E-state index contributed by atoms with van der Waals surface area (Å²) in [6.45, 7) is 82.7. The van der Waals surface area contributed by atoms with E-state index < -0.39 is 4.27 Å². The summed E-state index contributed by atoms with van der Waals surface area (Å²) in [5.74, 6) is 0.108. The number of halogens is 3. The van der Waals surface area contributed by atoms with Crippen molar-refractivity contribution in [1.29, 1.82) is 15.8 Å². The second kappa shape index (κ2) is 38.3. The van der Waals surface area contributed by atoms with Crippen LogP contribution in [0.4, 0.5) is 34.1 Å². The Kier molecular flexibility index (Phi) is 36.1. The zero-order chi connectivity index (χ0) is 82.5. The van der Waals surface area contributed by atoms with Crippen molar-refractivity contribution in [1.82, 2.24) is 0 Å². The Bertz CT molecular complexity index is 3430. The Morgan fingerprint density at radius 3 is 0.490 bits per heavy atom. The van der Waals surface area contributed by atoms with Gasteiger partial charge in [-0.1, -0.05) is 392 Å². The van der Waals surface area contributed by atoms with Crippen LogP contribution in [-0.4, -0.2) is 4.27 Å². The van der Waals surface area contributed by atoms with Gasteiger partial charge in [0.2, 0.25) is 0 Å². The number of hydrogen-bond donors (Lipinski definition) is 0. The van der Waals surface area contributed by atoms with Crippen molar-refractivity contribution < 1.29 is 37.8 Å². The Morgan fingerprint density at radius 2 is 0.385 bits per heavy atom. The van der Waals surface area contributed by atoms with Crippen LogP contribution in [-0.2, 0) is 86.0 Å². The molecule has 0 bridgehead atoms. The summed E-state index contributed by atoms with van der Waals surface area (Å²) in [6.07, 6.45) is 0. The van der Waals surface area contributed by atoms with Crippen LogP contribution in [0.5, 0.6) is 17.2 Å². The predicted octanol–water partition coefficient (Wildman–Crippen LogP) is 28.4. The number of nitrogens with zero attached hydrogens (tertiary/aromatic N) is 6. The van der Waals surface area contributed by atoms with E-state index in [9.17, 15) is 15.3 Å². The maximum absolute atomic E-state index is 13.4. The third kappa shape index (κ3) is 33.1. The summed E-state index contributed by atoms with van der Waals surface area (Å²) in [5.41, 5.74) is 16.8. The molecule has 9 nitrogen and oxygen atoms in total. The number of benzene rings is 6. The first kappa shape index (κ1) is 98.1. The fraction of sp³-hybridized carbons (Fsp3) is 0.571. The van der Waals surface area contributed by atoms with Gasteiger partial charge in [0.05, 0.1) is 19.6 Å². The number of nitriles is 3. The van der Waals surface area contributed by atoms with Crippen LogP contribution in [0.3, 0.4) is 0 Å². The van der Waals surface area contributed by atoms with E-state index in [1.807, 2.05) is 18.2 Å². The van der Waals surface area contributed by atoms with E-state index in [1.165, 1.54) is 54.2 Å². The van der Waals surface area contributed by atoms with E-state index in [0.717, 1.165) is 50.4 Å². The van der Waals surface area contributed by atoms with Gasteiger partial charge in [0, 0.05) is 41.8 Å². The normalized spacial score (nSPS) is 12.5. The molecule has 0 radical (unpaired) electrons. The van der Waals surface area contributed by atoms with Crippen molar-refractivity contribution in [3.05, 3.63) is 174 Å². The van der Waals surface area contributed by atoms with Crippen LogP contribution in [0.25, 0.3) is 16.0 Å². The van der Waals surface area contributed by atoms with Crippen molar-refractivity contribution in [2.45, 2.75) is 339 Å². The standard InChI is InChI=1S/3C28H42NO.3C2H3N.CHCl3.Mo/c3*1-25(2,3)18-13-19(26(4,5)6)15-21(14-18)29-23-17-20(27(7,8)9)16-22(24(23)30)28(10,11)12;3*1-2-3;2-1(3)4;/h3*13-17,30H,1-12H3;3*1H3;1H;/q3*-1;;;;;/p-3/i;;;;;;1D;. The topological polar surface area (TPSA) is 183 Å². The third-order valence-corrected chi connectivity index (χ3v) is 16.9. The van der Waals surface area contributed by atoms with Crippen molar-refractivity contribution in [2.24, 2.45) is 0 Å². The molecule has 0 saturated heterocycles. The molecule has 0 aliphatic carbocycles. The third-order valence-electron chi connectivity index (χ3n) is 16.9. The molecule has 104 heavy (non-hydrogen) atoms. The van der Waals surface area contributed by atoms with E-state index in [-0.39, 0.29) is 103 Å². The quantitative estimate of drug-likeness (QED) is 0.118. The van der Waals surface area contributed by atoms with Gasteiger partial charge in [-0.25, -0.2) is 0 Å². The Balaban J connectivity index is 0. The van der Waals surface area contributed by atoms with Crippen molar-refractivity contribution in [3.63, 3.8) is 0 Å². The molecular formula is C91H133Cl3MoN6O3-6. The van der Waals surface area contributed by atoms with Gasteiger partial charge < -0.3 is 31.3 Å². The minimum atomic E-state index is -1.83. The molecule has 0 aliphatic heterocycles. The number of rotatable bonds is 6. The molecule has 0 spiro atoms. The largest absolute Gasteiger partial charge is 0.873 e. The average molecular weight is 1560 g/mol. The Morgan fingerprint density at radius 1 is 0.269 bits per heavy atom. The van der Waals surface area contributed by atoms with E-state index in [2.05, 4.69) is 322 Å². The summed E-state index contributed by atoms with van der Waals surface area (Å²) in [7, 11) is 0. The molecule has 0 amide bonds. The van der Waals surface area contributed by atoms with Crippen molar-refractivity contribution >= 4 is 68.9 Å². The molecule has 0 atom stereocenters. The zero-order valence-corrected chi connectivity index (χ0v) is 75.9. The summed E-state index contributed by atoms with van der Waals surface area (Å²) in [6, 6.07) is 37.1. The van der Waals surface area contributed by atoms with Crippen molar-refractivity contribution in [3.8, 4) is 35.5 Å². The van der Waals surface area contributed by atoms with E-state index >= 15 is 0 Å². The summed E-state index contributed by atoms with van der Waals surface area (Å²) in [4.78, 5) is 0. The van der Waals surface area contributed by atoms with Gasteiger partial charge >= 0.3 is 0 Å². The van der Waals surface area contributed by atoms with Gasteiger partial charge in [-0.15, -0.1) is 51.4 Å². The maximum Gasteiger partial charge on any atom is 0.180 e. The van der Waals surface area contributed by atoms with Gasteiger partial charge in [-0.05, 0) is 115 Å². The van der Waals surface area contributed by atoms with Gasteiger partial charge in [-0.3, -0.25) is 0 Å². The van der Waals surface area contributed by atoms with Crippen LogP contribution in [0.2, 0.25) is 0 Å². The van der Waals surface area contributed by atoms with E-state index in [1.54, 1.807) is 18.2 Å². The first-order valence-corrected chi connectivity index (χ1v) is 37.0. The first-order valence-electron chi connectivity index (χ1n) is 36.4. The molecule has 0 fully saturated rings. The summed E-state index contributed by atoms with van der Waals surface area (Å²) >= 11 is 14.2. The minimum absolute atomic E-state index is 0. The molecule has 0 aliphatic rings. The smallest absolute Gasteiger partial charge is 0.180 e. The Hall–Kier alpha value is -5.85. The average Bonchev–Trinajstić information content (AvgIpc) is 0.787. The number of hydrogen-bond acceptors (Lipinski definition) is 6. The number of alkyl halides is 3. The zero-order valence-electron chi connectivity index (χ0n) is 72.6. The van der Waals surface area contributed by atoms with Gasteiger partial charge in [0.1, 0.15) is 0 Å². The van der Waals surface area contributed by atoms with Gasteiger partial charge in [0.25, 0.3) is 0 Å². The molecule has 0 N–H and O–H groups in total. The monoisotopic (exact) mass is 1560 g/mol. The summed E-state index contributed by atoms with van der Waals surface area (Å²) < 4.78 is 4.40. The fourth-order valence-corrected chi connectivity index (χ4v) is 10.1. The van der Waals surface area contributed by atoms with Crippen molar-refractivity contribution in [2.75, 3.05) is 0 Å². The molecule has 578 valence electrons. The molecule has 6 aromatic carbocycles. The predicted molar refractivity (Wildman–Crippen MR) is 445 cm³/mol. The second-order valence-corrected chi connectivity index (χ2v) is 40.9. The van der Waals surface area contributed by atoms with Crippen LogP contribution in [0.1, 0.15) is 338 Å². The van der Waals surface area contributed by atoms with Crippen LogP contribution in [0, 0.1) is 34.0 Å². The first-order chi connectivity index (χ1) is 46.1. The van der Waals surface area contributed by atoms with Gasteiger partial charge in [-0.2, -0.15) is 15.8 Å². The fourth-order valence-electron chi connectivity index (χ4n) is 10.1. The molecule has 0 saturated carbocycles. The van der Waals surface area contributed by atoms with Crippen LogP contribution >= 0.6 is 34.8 Å². The molecule has 6 aromatic rings. The van der Waals surface area contributed by atoms with Crippen LogP contribution < -0.4 is 15.3 Å². The Labute approximate surface area is 666 Å². The van der Waals surface area contributed by atoms with Crippen LogP contribution in [0.15, 0.2) is 91.0 Å². The molecule has 0 aromatic heterocycles. The molecular weight excluding hydrogens is 1430 g/mol. The van der Waals surface area contributed by atoms with E-state index in [4.69, 9.17) is 67.9 Å². The minimum Gasteiger partial charge on any atom is -0.873 e. The second-order valence-electron chi connectivity index (χ2n) is 39.1. The van der Waals surface area contributed by atoms with Gasteiger partial charge in [0.15, 0.2) is 4.27 Å².